The van der Waals surface area contributed by atoms with Crippen LogP contribution in [0.2, 0.25) is 0 Å². The molecule has 1 saturated heterocycles. The van der Waals surface area contributed by atoms with Crippen LogP contribution in [0, 0.1) is 5.41 Å². The molecule has 2 N–H and O–H groups in total. The molecule has 3 nitrogen and oxygen atoms in total. The largest absolute Gasteiger partial charge is 0.392 e. The van der Waals surface area contributed by atoms with Crippen molar-refractivity contribution in [1.29, 1.82) is 0 Å². The summed E-state index contributed by atoms with van der Waals surface area (Å²) >= 11 is 0. The van der Waals surface area contributed by atoms with E-state index in [1.807, 2.05) is 24.3 Å². The van der Waals surface area contributed by atoms with Gasteiger partial charge in [0.2, 0.25) is 0 Å². The van der Waals surface area contributed by atoms with Crippen molar-refractivity contribution in [2.24, 2.45) is 5.41 Å². The van der Waals surface area contributed by atoms with Gasteiger partial charge in [0.05, 0.1) is 19.8 Å². The summed E-state index contributed by atoms with van der Waals surface area (Å²) in [5, 5.41) is 12.4. The number of benzene rings is 1. The third kappa shape index (κ3) is 2.49. The molecule has 0 aromatic heterocycles. The second kappa shape index (κ2) is 4.21. The fourth-order valence-corrected chi connectivity index (χ4v) is 1.65. The predicted octanol–water partition coefficient (Wildman–Crippen LogP) is 1.63. The first kappa shape index (κ1) is 10.5. The van der Waals surface area contributed by atoms with E-state index in [1.165, 1.54) is 0 Å². The van der Waals surface area contributed by atoms with E-state index in [0.717, 1.165) is 31.0 Å². The molecule has 0 saturated carbocycles. The molecule has 3 heteroatoms. The summed E-state index contributed by atoms with van der Waals surface area (Å²) < 4.78 is 5.19. The van der Waals surface area contributed by atoms with Crippen LogP contribution in [0.3, 0.4) is 0 Å². The fraction of sp³-hybridized carbons (Fsp3) is 0.500. The Kier molecular flexibility index (Phi) is 2.93. The van der Waals surface area contributed by atoms with Crippen LogP contribution in [-0.2, 0) is 11.3 Å². The highest BCUT2D eigenvalue weighted by Gasteiger charge is 2.32. The minimum atomic E-state index is 0.0932. The molecular formula is C12H17NO2. The standard InChI is InChI=1S/C12H17NO2/c1-12(8-15-9-12)7-13-11-4-2-3-10(5-11)6-14/h2-5,13-14H,6-9H2,1H3. The number of hydrogen-bond donors (Lipinski definition) is 2. The SMILES string of the molecule is CC1(CNc2cccc(CO)c2)COC1. The van der Waals surface area contributed by atoms with Crippen LogP contribution in [0.4, 0.5) is 5.69 Å². The molecule has 0 amide bonds. The lowest BCUT2D eigenvalue weighted by molar-refractivity contribution is -0.0924. The number of nitrogens with one attached hydrogen (secondary N) is 1. The van der Waals surface area contributed by atoms with Crippen molar-refractivity contribution in [2.45, 2.75) is 13.5 Å². The average molecular weight is 207 g/mol. The predicted molar refractivity (Wildman–Crippen MR) is 59.8 cm³/mol. The van der Waals surface area contributed by atoms with Gasteiger partial charge in [-0.3, -0.25) is 0 Å². The van der Waals surface area contributed by atoms with Crippen molar-refractivity contribution in [3.63, 3.8) is 0 Å². The van der Waals surface area contributed by atoms with Gasteiger partial charge < -0.3 is 15.2 Å². The lowest BCUT2D eigenvalue weighted by Crippen LogP contribution is -2.45. The Hall–Kier alpha value is -1.06. The molecule has 0 bridgehead atoms. The molecule has 2 rings (SSSR count). The van der Waals surface area contributed by atoms with Gasteiger partial charge in [-0.1, -0.05) is 19.1 Å². The second-order valence-electron chi connectivity index (χ2n) is 4.52. The van der Waals surface area contributed by atoms with E-state index in [2.05, 4.69) is 12.2 Å². The first-order valence-corrected chi connectivity index (χ1v) is 5.23. The van der Waals surface area contributed by atoms with Crippen molar-refractivity contribution >= 4 is 5.69 Å². The van der Waals surface area contributed by atoms with Crippen LogP contribution in [0.15, 0.2) is 24.3 Å². The van der Waals surface area contributed by atoms with Crippen molar-refractivity contribution in [3.8, 4) is 0 Å². The van der Waals surface area contributed by atoms with Crippen LogP contribution in [-0.4, -0.2) is 24.9 Å². The van der Waals surface area contributed by atoms with Gasteiger partial charge in [0.25, 0.3) is 0 Å². The van der Waals surface area contributed by atoms with Crippen molar-refractivity contribution in [2.75, 3.05) is 25.1 Å². The zero-order valence-electron chi connectivity index (χ0n) is 8.99. The summed E-state index contributed by atoms with van der Waals surface area (Å²) in [7, 11) is 0. The summed E-state index contributed by atoms with van der Waals surface area (Å²) in [5.74, 6) is 0. The summed E-state index contributed by atoms with van der Waals surface area (Å²) in [6.45, 7) is 4.89. The molecule has 1 aliphatic rings. The summed E-state index contributed by atoms with van der Waals surface area (Å²) in [6.07, 6.45) is 0. The minimum absolute atomic E-state index is 0.0932. The van der Waals surface area contributed by atoms with E-state index in [1.54, 1.807) is 0 Å². The van der Waals surface area contributed by atoms with E-state index < -0.39 is 0 Å². The second-order valence-corrected chi connectivity index (χ2v) is 4.52. The van der Waals surface area contributed by atoms with Gasteiger partial charge in [-0.25, -0.2) is 0 Å². The Morgan fingerprint density at radius 2 is 2.27 bits per heavy atom. The lowest BCUT2D eigenvalue weighted by Gasteiger charge is -2.38. The molecule has 1 aromatic rings. The zero-order valence-corrected chi connectivity index (χ0v) is 8.99. The van der Waals surface area contributed by atoms with Crippen molar-refractivity contribution < 1.29 is 9.84 Å². The van der Waals surface area contributed by atoms with E-state index in [-0.39, 0.29) is 12.0 Å². The van der Waals surface area contributed by atoms with E-state index in [0.29, 0.717) is 0 Å². The highest BCUT2D eigenvalue weighted by molar-refractivity contribution is 5.45. The highest BCUT2D eigenvalue weighted by Crippen LogP contribution is 2.26. The highest BCUT2D eigenvalue weighted by atomic mass is 16.5. The Morgan fingerprint density at radius 3 is 2.87 bits per heavy atom. The van der Waals surface area contributed by atoms with Crippen LogP contribution < -0.4 is 5.32 Å². The normalized spacial score (nSPS) is 18.3. The molecule has 0 radical (unpaired) electrons. The van der Waals surface area contributed by atoms with Crippen molar-refractivity contribution in [3.05, 3.63) is 29.8 Å². The number of rotatable bonds is 4. The Morgan fingerprint density at radius 1 is 1.47 bits per heavy atom. The van der Waals surface area contributed by atoms with Gasteiger partial charge in [0, 0.05) is 17.6 Å². The molecule has 0 aliphatic carbocycles. The van der Waals surface area contributed by atoms with Gasteiger partial charge in [-0.15, -0.1) is 0 Å². The van der Waals surface area contributed by atoms with Gasteiger partial charge in [-0.05, 0) is 17.7 Å². The molecule has 0 spiro atoms. The van der Waals surface area contributed by atoms with Crippen molar-refractivity contribution in [1.82, 2.24) is 0 Å². The first-order chi connectivity index (χ1) is 7.22. The molecule has 1 aromatic carbocycles. The molecule has 0 unspecified atom stereocenters. The maximum absolute atomic E-state index is 9.00. The average Bonchev–Trinajstić information content (AvgIpc) is 2.24. The van der Waals surface area contributed by atoms with Gasteiger partial charge in [-0.2, -0.15) is 0 Å². The summed E-state index contributed by atoms with van der Waals surface area (Å²) in [5.41, 5.74) is 2.28. The number of hydrogen-bond acceptors (Lipinski definition) is 3. The lowest BCUT2D eigenvalue weighted by atomic mass is 9.88. The molecule has 1 heterocycles. The van der Waals surface area contributed by atoms with Gasteiger partial charge in [0.1, 0.15) is 0 Å². The first-order valence-electron chi connectivity index (χ1n) is 5.23. The van der Waals surface area contributed by atoms with Gasteiger partial charge >= 0.3 is 0 Å². The maximum atomic E-state index is 9.00. The van der Waals surface area contributed by atoms with Crippen LogP contribution in [0.1, 0.15) is 12.5 Å². The zero-order chi connectivity index (χ0) is 10.7. The number of anilines is 1. The molecule has 1 fully saturated rings. The van der Waals surface area contributed by atoms with Crippen LogP contribution in [0.25, 0.3) is 0 Å². The molecule has 0 atom stereocenters. The summed E-state index contributed by atoms with van der Waals surface area (Å²) in [6, 6.07) is 7.86. The number of aliphatic hydroxyl groups is 1. The number of aliphatic hydroxyl groups excluding tert-OH is 1. The minimum Gasteiger partial charge on any atom is -0.392 e. The molecule has 15 heavy (non-hydrogen) atoms. The monoisotopic (exact) mass is 207 g/mol. The third-order valence-corrected chi connectivity index (χ3v) is 2.73. The van der Waals surface area contributed by atoms with Crippen LogP contribution >= 0.6 is 0 Å². The Balaban J connectivity index is 1.92. The molecule has 1 aliphatic heterocycles. The van der Waals surface area contributed by atoms with E-state index in [4.69, 9.17) is 9.84 Å². The smallest absolute Gasteiger partial charge is 0.0682 e. The van der Waals surface area contributed by atoms with Gasteiger partial charge in [0.15, 0.2) is 0 Å². The Labute approximate surface area is 90.1 Å². The quantitative estimate of drug-likeness (QED) is 0.788. The number of ether oxygens (including phenoxy) is 1. The Bertz CT molecular complexity index is 334. The fourth-order valence-electron chi connectivity index (χ4n) is 1.65. The summed E-state index contributed by atoms with van der Waals surface area (Å²) in [4.78, 5) is 0. The maximum Gasteiger partial charge on any atom is 0.0682 e. The topological polar surface area (TPSA) is 41.5 Å². The molecule has 82 valence electrons. The van der Waals surface area contributed by atoms with Crippen LogP contribution in [0.5, 0.6) is 0 Å². The van der Waals surface area contributed by atoms with E-state index in [9.17, 15) is 0 Å². The third-order valence-electron chi connectivity index (χ3n) is 2.73. The molecular weight excluding hydrogens is 190 g/mol. The van der Waals surface area contributed by atoms with E-state index >= 15 is 0 Å².